The van der Waals surface area contributed by atoms with Gasteiger partial charge in [0.05, 0.1) is 12.7 Å². The molecule has 0 aliphatic rings. The van der Waals surface area contributed by atoms with Gasteiger partial charge in [-0.2, -0.15) is 0 Å². The average molecular weight is 271 g/mol. The van der Waals surface area contributed by atoms with Crippen molar-refractivity contribution in [2.24, 2.45) is 0 Å². The van der Waals surface area contributed by atoms with Crippen molar-refractivity contribution in [1.82, 2.24) is 0 Å². The predicted molar refractivity (Wildman–Crippen MR) is 78.5 cm³/mol. The first kappa shape index (κ1) is 13.9. The van der Waals surface area contributed by atoms with E-state index in [1.165, 1.54) is 0 Å². The van der Waals surface area contributed by atoms with E-state index in [2.05, 4.69) is 5.32 Å². The molecule has 0 bridgehead atoms. The van der Waals surface area contributed by atoms with E-state index in [0.29, 0.717) is 12.1 Å². The molecular formula is C16H17NO3. The van der Waals surface area contributed by atoms with E-state index in [4.69, 9.17) is 9.84 Å². The number of aryl methyl sites for hydroxylation is 1. The normalized spacial score (nSPS) is 10.1. The summed E-state index contributed by atoms with van der Waals surface area (Å²) in [5, 5.41) is 12.4. The zero-order valence-corrected chi connectivity index (χ0v) is 11.5. The van der Waals surface area contributed by atoms with Crippen LogP contribution in [0.4, 0.5) is 5.69 Å². The summed E-state index contributed by atoms with van der Waals surface area (Å²) < 4.78 is 5.21. The number of carboxylic acid groups (broad SMARTS) is 1. The van der Waals surface area contributed by atoms with E-state index < -0.39 is 5.97 Å². The van der Waals surface area contributed by atoms with Gasteiger partial charge in [0.1, 0.15) is 5.75 Å². The SMILES string of the molecule is COc1ccc(NCc2ccccc2C(=O)O)cc1C. The molecule has 0 saturated carbocycles. The Labute approximate surface area is 118 Å². The van der Waals surface area contributed by atoms with Gasteiger partial charge in [0.2, 0.25) is 0 Å². The number of hydrogen-bond donors (Lipinski definition) is 2. The second-order valence-electron chi connectivity index (χ2n) is 4.50. The Morgan fingerprint density at radius 2 is 2.00 bits per heavy atom. The summed E-state index contributed by atoms with van der Waals surface area (Å²) in [5.41, 5.74) is 3.05. The highest BCUT2D eigenvalue weighted by Gasteiger charge is 2.08. The molecule has 104 valence electrons. The quantitative estimate of drug-likeness (QED) is 0.876. The standard InChI is InChI=1S/C16H17NO3/c1-11-9-13(7-8-15(11)20-2)17-10-12-5-3-4-6-14(12)16(18)19/h3-9,17H,10H2,1-2H3,(H,18,19). The lowest BCUT2D eigenvalue weighted by molar-refractivity contribution is 0.0696. The topological polar surface area (TPSA) is 58.6 Å². The fourth-order valence-electron chi connectivity index (χ4n) is 2.07. The maximum absolute atomic E-state index is 11.1. The number of nitrogens with one attached hydrogen (secondary N) is 1. The molecule has 4 heteroatoms. The van der Waals surface area contributed by atoms with E-state index in [0.717, 1.165) is 22.6 Å². The molecule has 2 rings (SSSR count). The van der Waals surface area contributed by atoms with Crippen LogP contribution >= 0.6 is 0 Å². The Morgan fingerprint density at radius 3 is 2.65 bits per heavy atom. The molecule has 0 unspecified atom stereocenters. The van der Waals surface area contributed by atoms with Gasteiger partial charge >= 0.3 is 5.97 Å². The van der Waals surface area contributed by atoms with Crippen LogP contribution < -0.4 is 10.1 Å². The number of hydrogen-bond acceptors (Lipinski definition) is 3. The zero-order valence-electron chi connectivity index (χ0n) is 11.5. The molecule has 0 spiro atoms. The number of anilines is 1. The van der Waals surface area contributed by atoms with Crippen LogP contribution in [0.25, 0.3) is 0 Å². The molecule has 0 heterocycles. The summed E-state index contributed by atoms with van der Waals surface area (Å²) in [5.74, 6) is -0.0743. The van der Waals surface area contributed by atoms with Crippen molar-refractivity contribution >= 4 is 11.7 Å². The van der Waals surface area contributed by atoms with E-state index in [1.807, 2.05) is 37.3 Å². The highest BCUT2D eigenvalue weighted by atomic mass is 16.5. The third kappa shape index (κ3) is 3.09. The Hall–Kier alpha value is -2.49. The van der Waals surface area contributed by atoms with Crippen molar-refractivity contribution < 1.29 is 14.6 Å². The average Bonchev–Trinajstić information content (AvgIpc) is 2.45. The van der Waals surface area contributed by atoms with Crippen LogP contribution in [0.5, 0.6) is 5.75 Å². The second-order valence-corrected chi connectivity index (χ2v) is 4.50. The van der Waals surface area contributed by atoms with Gasteiger partial charge in [-0.3, -0.25) is 0 Å². The van der Waals surface area contributed by atoms with Crippen molar-refractivity contribution in [2.75, 3.05) is 12.4 Å². The number of carbonyl (C=O) groups is 1. The smallest absolute Gasteiger partial charge is 0.336 e. The lowest BCUT2D eigenvalue weighted by Crippen LogP contribution is -2.07. The predicted octanol–water partition coefficient (Wildman–Crippen LogP) is 3.31. The summed E-state index contributed by atoms with van der Waals surface area (Å²) in [6.45, 7) is 2.43. The first-order chi connectivity index (χ1) is 9.61. The first-order valence-electron chi connectivity index (χ1n) is 6.31. The van der Waals surface area contributed by atoms with Gasteiger partial charge in [0.15, 0.2) is 0 Å². The number of benzene rings is 2. The second kappa shape index (κ2) is 6.10. The van der Waals surface area contributed by atoms with Gasteiger partial charge in [0.25, 0.3) is 0 Å². The molecule has 2 N–H and O–H groups in total. The third-order valence-electron chi connectivity index (χ3n) is 3.13. The maximum atomic E-state index is 11.1. The molecule has 20 heavy (non-hydrogen) atoms. The van der Waals surface area contributed by atoms with Gasteiger partial charge in [-0.25, -0.2) is 4.79 Å². The lowest BCUT2D eigenvalue weighted by atomic mass is 10.1. The summed E-state index contributed by atoms with van der Waals surface area (Å²) in [7, 11) is 1.64. The number of rotatable bonds is 5. The third-order valence-corrected chi connectivity index (χ3v) is 3.13. The first-order valence-corrected chi connectivity index (χ1v) is 6.31. The Bertz CT molecular complexity index is 623. The molecule has 0 radical (unpaired) electrons. The van der Waals surface area contributed by atoms with E-state index in [-0.39, 0.29) is 0 Å². The van der Waals surface area contributed by atoms with E-state index in [1.54, 1.807) is 19.2 Å². The highest BCUT2D eigenvalue weighted by molar-refractivity contribution is 5.89. The van der Waals surface area contributed by atoms with Crippen LogP contribution in [0.3, 0.4) is 0 Å². The molecule has 0 fully saturated rings. The number of ether oxygens (including phenoxy) is 1. The molecule has 0 aliphatic carbocycles. The summed E-state index contributed by atoms with van der Waals surface area (Å²) in [6.07, 6.45) is 0. The fraction of sp³-hybridized carbons (Fsp3) is 0.188. The van der Waals surface area contributed by atoms with E-state index in [9.17, 15) is 4.79 Å². The molecule has 2 aromatic carbocycles. The number of carboxylic acids is 1. The highest BCUT2D eigenvalue weighted by Crippen LogP contribution is 2.22. The van der Waals surface area contributed by atoms with Gasteiger partial charge in [0, 0.05) is 12.2 Å². The Kier molecular flexibility index (Phi) is 4.25. The van der Waals surface area contributed by atoms with Gasteiger partial charge < -0.3 is 15.2 Å². The van der Waals surface area contributed by atoms with Crippen molar-refractivity contribution in [1.29, 1.82) is 0 Å². The Balaban J connectivity index is 2.13. The van der Waals surface area contributed by atoms with Crippen LogP contribution in [-0.2, 0) is 6.54 Å². The molecular weight excluding hydrogens is 254 g/mol. The molecule has 0 aliphatic heterocycles. The maximum Gasteiger partial charge on any atom is 0.336 e. The Morgan fingerprint density at radius 1 is 1.25 bits per heavy atom. The van der Waals surface area contributed by atoms with Gasteiger partial charge in [-0.15, -0.1) is 0 Å². The van der Waals surface area contributed by atoms with Crippen LogP contribution in [0.1, 0.15) is 21.5 Å². The summed E-state index contributed by atoms with van der Waals surface area (Å²) in [4.78, 5) is 11.1. The summed E-state index contributed by atoms with van der Waals surface area (Å²) in [6, 6.07) is 12.8. The molecule has 0 aromatic heterocycles. The van der Waals surface area contributed by atoms with Crippen molar-refractivity contribution in [3.63, 3.8) is 0 Å². The summed E-state index contributed by atoms with van der Waals surface area (Å²) >= 11 is 0. The van der Waals surface area contributed by atoms with E-state index >= 15 is 0 Å². The molecule has 4 nitrogen and oxygen atoms in total. The van der Waals surface area contributed by atoms with Gasteiger partial charge in [-0.1, -0.05) is 18.2 Å². The van der Waals surface area contributed by atoms with Gasteiger partial charge in [-0.05, 0) is 42.3 Å². The van der Waals surface area contributed by atoms with Crippen LogP contribution in [0.15, 0.2) is 42.5 Å². The minimum atomic E-state index is -0.909. The minimum absolute atomic E-state index is 0.324. The number of methoxy groups -OCH3 is 1. The molecule has 0 saturated heterocycles. The number of aromatic carboxylic acids is 1. The zero-order chi connectivity index (χ0) is 14.5. The lowest BCUT2D eigenvalue weighted by Gasteiger charge is -2.11. The minimum Gasteiger partial charge on any atom is -0.496 e. The molecule has 0 atom stereocenters. The molecule has 0 amide bonds. The van der Waals surface area contributed by atoms with Crippen molar-refractivity contribution in [3.05, 3.63) is 59.2 Å². The monoisotopic (exact) mass is 271 g/mol. The van der Waals surface area contributed by atoms with Crippen LogP contribution in [-0.4, -0.2) is 18.2 Å². The largest absolute Gasteiger partial charge is 0.496 e. The van der Waals surface area contributed by atoms with Crippen LogP contribution in [0, 0.1) is 6.92 Å². The van der Waals surface area contributed by atoms with Crippen molar-refractivity contribution in [3.8, 4) is 5.75 Å². The molecule has 2 aromatic rings. The van der Waals surface area contributed by atoms with Crippen LogP contribution in [0.2, 0.25) is 0 Å². The van der Waals surface area contributed by atoms with Crippen molar-refractivity contribution in [2.45, 2.75) is 13.5 Å². The fourth-order valence-corrected chi connectivity index (χ4v) is 2.07.